The number of amides is 1. The van der Waals surface area contributed by atoms with Crippen LogP contribution in [0.15, 0.2) is 54.9 Å². The fourth-order valence-corrected chi connectivity index (χ4v) is 4.04. The Hall–Kier alpha value is -3.03. The van der Waals surface area contributed by atoms with Gasteiger partial charge in [0.25, 0.3) is 0 Å². The zero-order chi connectivity index (χ0) is 22.3. The Kier molecular flexibility index (Phi) is 7.29. The van der Waals surface area contributed by atoms with Crippen LogP contribution in [0.4, 0.5) is 10.5 Å². The van der Waals surface area contributed by atoms with Crippen molar-refractivity contribution in [2.75, 3.05) is 31.6 Å². The maximum atomic E-state index is 12.6. The van der Waals surface area contributed by atoms with E-state index in [1.165, 1.54) is 0 Å². The van der Waals surface area contributed by atoms with E-state index in [1.807, 2.05) is 0 Å². The summed E-state index contributed by atoms with van der Waals surface area (Å²) in [5, 5.41) is 3.36. The molecular weight excluding hydrogens is 428 g/mol. The molecule has 1 N–H and O–H groups in total. The molecule has 3 aromatic rings. The molecule has 8 heteroatoms. The van der Waals surface area contributed by atoms with Gasteiger partial charge in [0.2, 0.25) is 0 Å². The number of aromatic nitrogens is 2. The number of ketones is 1. The Morgan fingerprint density at radius 3 is 2.50 bits per heavy atom. The predicted molar refractivity (Wildman–Crippen MR) is 124 cm³/mol. The topological polar surface area (TPSA) is 84.4 Å². The van der Waals surface area contributed by atoms with Gasteiger partial charge in [-0.25, -0.2) is 4.79 Å². The van der Waals surface area contributed by atoms with Crippen LogP contribution in [-0.4, -0.2) is 53.0 Å². The van der Waals surface area contributed by atoms with E-state index in [0.717, 1.165) is 50.0 Å². The van der Waals surface area contributed by atoms with Crippen molar-refractivity contribution < 1.29 is 14.3 Å². The lowest BCUT2D eigenvalue weighted by Crippen LogP contribution is -2.37. The number of ether oxygens (including phenoxy) is 1. The molecule has 1 amide bonds. The molecule has 0 saturated carbocycles. The number of nitrogens with zero attached hydrogens (tertiary/aromatic N) is 3. The minimum absolute atomic E-state index is 0.0566. The first kappa shape index (κ1) is 22.2. The number of piperidine rings is 1. The van der Waals surface area contributed by atoms with Gasteiger partial charge in [-0.15, -0.1) is 0 Å². The quantitative estimate of drug-likeness (QED) is 0.408. The van der Waals surface area contributed by atoms with Gasteiger partial charge in [-0.3, -0.25) is 20.1 Å². The molecule has 7 nitrogen and oxygen atoms in total. The van der Waals surface area contributed by atoms with Gasteiger partial charge in [-0.2, -0.15) is 0 Å². The van der Waals surface area contributed by atoms with Crippen LogP contribution in [0.25, 0.3) is 11.0 Å². The molecule has 2 aromatic carbocycles. The molecule has 166 valence electrons. The minimum atomic E-state index is -0.486. The van der Waals surface area contributed by atoms with E-state index in [4.69, 9.17) is 16.3 Å². The normalized spacial score (nSPS) is 14.9. The third kappa shape index (κ3) is 5.81. The van der Waals surface area contributed by atoms with Gasteiger partial charge < -0.3 is 9.64 Å². The average Bonchev–Trinajstić information content (AvgIpc) is 2.82. The number of hydrogen-bond donors (Lipinski definition) is 1. The molecule has 1 aliphatic rings. The second kappa shape index (κ2) is 10.5. The largest absolute Gasteiger partial charge is 0.449 e. The summed E-state index contributed by atoms with van der Waals surface area (Å²) in [4.78, 5) is 35.4. The molecule has 0 radical (unpaired) electrons. The van der Waals surface area contributed by atoms with Crippen molar-refractivity contribution in [3.63, 3.8) is 0 Å². The van der Waals surface area contributed by atoms with E-state index in [9.17, 15) is 9.59 Å². The zero-order valence-corrected chi connectivity index (χ0v) is 18.4. The third-order valence-electron chi connectivity index (χ3n) is 5.65. The van der Waals surface area contributed by atoms with Crippen molar-refractivity contribution in [2.24, 2.45) is 5.92 Å². The number of anilines is 1. The number of halogens is 1. The number of benzene rings is 2. The number of rotatable bonds is 7. The van der Waals surface area contributed by atoms with E-state index < -0.39 is 6.09 Å². The van der Waals surface area contributed by atoms with E-state index in [-0.39, 0.29) is 11.7 Å². The smallest absolute Gasteiger partial charge is 0.411 e. The first-order valence-electron chi connectivity index (χ1n) is 10.8. The summed E-state index contributed by atoms with van der Waals surface area (Å²) < 4.78 is 5.30. The number of hydrogen-bond acceptors (Lipinski definition) is 6. The summed E-state index contributed by atoms with van der Waals surface area (Å²) in [6.07, 6.45) is 5.18. The summed E-state index contributed by atoms with van der Waals surface area (Å²) in [6.45, 7) is 2.91. The molecule has 0 aliphatic carbocycles. The molecule has 2 heterocycles. The Labute approximate surface area is 191 Å². The molecule has 1 aromatic heterocycles. The van der Waals surface area contributed by atoms with E-state index in [0.29, 0.717) is 22.8 Å². The SMILES string of the molecule is O=C(Nc1ccc2nccnc2c1)OCCCN1CCC(C(=O)c2ccc(Cl)cc2)CC1. The van der Waals surface area contributed by atoms with Crippen LogP contribution in [0.2, 0.25) is 5.02 Å². The van der Waals surface area contributed by atoms with Gasteiger partial charge in [0.15, 0.2) is 5.78 Å². The molecule has 1 aliphatic heterocycles. The molecule has 32 heavy (non-hydrogen) atoms. The summed E-state index contributed by atoms with van der Waals surface area (Å²) in [6, 6.07) is 12.4. The lowest BCUT2D eigenvalue weighted by Gasteiger charge is -2.31. The van der Waals surface area contributed by atoms with E-state index in [2.05, 4.69) is 20.2 Å². The van der Waals surface area contributed by atoms with Crippen molar-refractivity contribution in [3.05, 3.63) is 65.4 Å². The molecule has 0 spiro atoms. The monoisotopic (exact) mass is 452 g/mol. The number of carbonyl (C=O) groups is 2. The van der Waals surface area contributed by atoms with Crippen molar-refractivity contribution in [2.45, 2.75) is 19.3 Å². The molecule has 1 fully saturated rings. The average molecular weight is 453 g/mol. The van der Waals surface area contributed by atoms with Crippen LogP contribution >= 0.6 is 11.6 Å². The highest BCUT2D eigenvalue weighted by Crippen LogP contribution is 2.23. The second-order valence-electron chi connectivity index (χ2n) is 7.86. The molecule has 4 rings (SSSR count). The van der Waals surface area contributed by atoms with Crippen LogP contribution in [0, 0.1) is 5.92 Å². The molecular formula is C24H25ClN4O3. The number of carbonyl (C=O) groups excluding carboxylic acids is 2. The highest BCUT2D eigenvalue weighted by atomic mass is 35.5. The van der Waals surface area contributed by atoms with E-state index >= 15 is 0 Å². The molecule has 0 bridgehead atoms. The first-order valence-corrected chi connectivity index (χ1v) is 11.1. The standard InChI is InChI=1S/C24H25ClN4O3/c25-19-4-2-17(3-5-19)23(30)18-8-13-29(14-9-18)12-1-15-32-24(31)28-20-6-7-21-22(16-20)27-11-10-26-21/h2-7,10-11,16,18H,1,8-9,12-15H2,(H,28,31). The van der Waals surface area contributed by atoms with Gasteiger partial charge in [0.1, 0.15) is 0 Å². The Balaban J connectivity index is 1.14. The summed E-state index contributed by atoms with van der Waals surface area (Å²) in [5.41, 5.74) is 2.83. The van der Waals surface area contributed by atoms with Gasteiger partial charge in [-0.1, -0.05) is 11.6 Å². The lowest BCUT2D eigenvalue weighted by molar-refractivity contribution is 0.0830. The number of likely N-dealkylation sites (tertiary alicyclic amines) is 1. The summed E-state index contributed by atoms with van der Waals surface area (Å²) >= 11 is 5.90. The van der Waals surface area contributed by atoms with Gasteiger partial charge >= 0.3 is 6.09 Å². The molecule has 1 saturated heterocycles. The summed E-state index contributed by atoms with van der Waals surface area (Å²) in [5.74, 6) is 0.252. The maximum absolute atomic E-state index is 12.6. The Morgan fingerprint density at radius 2 is 1.75 bits per heavy atom. The lowest BCUT2D eigenvalue weighted by atomic mass is 9.89. The first-order chi connectivity index (χ1) is 15.6. The fraction of sp³-hybridized carbons (Fsp3) is 0.333. The summed E-state index contributed by atoms with van der Waals surface area (Å²) in [7, 11) is 0. The van der Waals surface area contributed by atoms with E-state index in [1.54, 1.807) is 54.9 Å². The zero-order valence-electron chi connectivity index (χ0n) is 17.7. The van der Waals surface area contributed by atoms with Crippen molar-refractivity contribution in [1.29, 1.82) is 0 Å². The van der Waals surface area contributed by atoms with Crippen LogP contribution in [-0.2, 0) is 4.74 Å². The maximum Gasteiger partial charge on any atom is 0.411 e. The Bertz CT molecular complexity index is 1080. The van der Waals surface area contributed by atoms with Crippen molar-refractivity contribution >= 4 is 40.2 Å². The van der Waals surface area contributed by atoms with Gasteiger partial charge in [0.05, 0.1) is 17.6 Å². The van der Waals surface area contributed by atoms with Crippen molar-refractivity contribution in [3.8, 4) is 0 Å². The second-order valence-corrected chi connectivity index (χ2v) is 8.30. The predicted octanol–water partition coefficient (Wildman–Crippen LogP) is 4.82. The molecule has 0 unspecified atom stereocenters. The fourth-order valence-electron chi connectivity index (χ4n) is 3.92. The van der Waals surface area contributed by atoms with Crippen molar-refractivity contribution in [1.82, 2.24) is 14.9 Å². The van der Waals surface area contributed by atoms with Crippen LogP contribution in [0.1, 0.15) is 29.6 Å². The van der Waals surface area contributed by atoms with Crippen LogP contribution in [0.3, 0.4) is 0 Å². The number of nitrogens with one attached hydrogen (secondary N) is 1. The number of fused-ring (bicyclic) bond motifs is 1. The van der Waals surface area contributed by atoms with Crippen LogP contribution in [0.5, 0.6) is 0 Å². The van der Waals surface area contributed by atoms with Crippen LogP contribution < -0.4 is 5.32 Å². The third-order valence-corrected chi connectivity index (χ3v) is 5.91. The Morgan fingerprint density at radius 1 is 1.03 bits per heavy atom. The highest BCUT2D eigenvalue weighted by molar-refractivity contribution is 6.30. The van der Waals surface area contributed by atoms with Gasteiger partial charge in [0, 0.05) is 41.1 Å². The minimum Gasteiger partial charge on any atom is -0.449 e. The molecule has 0 atom stereocenters. The highest BCUT2D eigenvalue weighted by Gasteiger charge is 2.25. The number of Topliss-reactive ketones (excluding diaryl/α,β-unsaturated/α-hetero) is 1. The van der Waals surface area contributed by atoms with Gasteiger partial charge in [-0.05, 0) is 74.8 Å².